The number of hydrogen-bond acceptors (Lipinski definition) is 4. The molecule has 0 heterocycles. The highest BCUT2D eigenvalue weighted by atomic mass is 19.4. The van der Waals surface area contributed by atoms with Crippen LogP contribution in [-0.4, -0.2) is 28.6 Å². The van der Waals surface area contributed by atoms with Crippen molar-refractivity contribution in [3.05, 3.63) is 77.4 Å². The molecule has 6 nitrogen and oxygen atoms in total. The van der Waals surface area contributed by atoms with E-state index in [4.69, 9.17) is 10.5 Å². The zero-order valence-corrected chi connectivity index (χ0v) is 21.8. The Morgan fingerprint density at radius 3 is 2.30 bits per heavy atom. The lowest BCUT2D eigenvalue weighted by atomic mass is 9.45. The molecule has 4 aliphatic carbocycles. The van der Waals surface area contributed by atoms with E-state index in [0.29, 0.717) is 29.2 Å². The second-order valence-corrected chi connectivity index (χ2v) is 12.1. The maximum atomic E-state index is 13.8. The average molecular weight is 553 g/mol. The molecule has 40 heavy (non-hydrogen) atoms. The van der Waals surface area contributed by atoms with Crippen LogP contribution < -0.4 is 15.8 Å². The number of benzene rings is 3. The Kier molecular flexibility index (Phi) is 6.33. The lowest BCUT2D eigenvalue weighted by Crippen LogP contribution is -2.66. The van der Waals surface area contributed by atoms with E-state index in [0.717, 1.165) is 49.6 Å². The SMILES string of the molecule is NC12C[C@H]3C[C@@H](C1)CC([C@H](NC(=O)c1ccc4ccccc4c1OCc1ccc(C(F)(F)F)cc1)C(=O)O)(C3)C2. The average Bonchev–Trinajstić information content (AvgIpc) is 2.88. The molecular formula is C31H31F3N2O4. The Morgan fingerprint density at radius 2 is 1.68 bits per heavy atom. The van der Waals surface area contributed by atoms with Crippen LogP contribution in [0.2, 0.25) is 0 Å². The first-order valence-corrected chi connectivity index (χ1v) is 13.6. The summed E-state index contributed by atoms with van der Waals surface area (Å²) < 4.78 is 45.0. The summed E-state index contributed by atoms with van der Waals surface area (Å²) >= 11 is 0. The van der Waals surface area contributed by atoms with Gasteiger partial charge in [-0.3, -0.25) is 4.79 Å². The molecule has 5 atom stereocenters. The summed E-state index contributed by atoms with van der Waals surface area (Å²) in [5, 5.41) is 14.6. The van der Waals surface area contributed by atoms with Crippen LogP contribution in [0.4, 0.5) is 13.2 Å². The highest BCUT2D eigenvalue weighted by molar-refractivity contribution is 6.05. The molecule has 4 fully saturated rings. The number of carbonyl (C=O) groups is 2. The van der Waals surface area contributed by atoms with E-state index >= 15 is 0 Å². The van der Waals surface area contributed by atoms with Gasteiger partial charge < -0.3 is 20.9 Å². The fourth-order valence-corrected chi connectivity index (χ4v) is 7.95. The number of ether oxygens (including phenoxy) is 1. The zero-order chi connectivity index (χ0) is 28.3. The molecule has 3 aromatic rings. The van der Waals surface area contributed by atoms with Crippen LogP contribution in [0.1, 0.15) is 60.0 Å². The predicted octanol–water partition coefficient (Wildman–Crippen LogP) is 5.92. The first kappa shape index (κ1) is 26.6. The fraction of sp³-hybridized carbons (Fsp3) is 0.419. The van der Waals surface area contributed by atoms with Crippen LogP contribution in [0.3, 0.4) is 0 Å². The van der Waals surface area contributed by atoms with E-state index in [1.165, 1.54) is 12.1 Å². The highest BCUT2D eigenvalue weighted by Gasteiger charge is 2.60. The molecule has 0 spiro atoms. The smallest absolute Gasteiger partial charge is 0.416 e. The summed E-state index contributed by atoms with van der Waals surface area (Å²) in [6, 6.07) is 14.2. The third-order valence-corrected chi connectivity index (χ3v) is 9.08. The number of nitrogens with two attached hydrogens (primary N) is 1. The van der Waals surface area contributed by atoms with Crippen molar-refractivity contribution < 1.29 is 32.6 Å². The number of alkyl halides is 3. The number of aliphatic carboxylic acids is 1. The number of amides is 1. The first-order chi connectivity index (χ1) is 18.9. The van der Waals surface area contributed by atoms with E-state index in [2.05, 4.69) is 5.32 Å². The Labute approximate surface area is 229 Å². The van der Waals surface area contributed by atoms with Gasteiger partial charge in [-0.25, -0.2) is 4.79 Å². The van der Waals surface area contributed by atoms with E-state index in [-0.39, 0.29) is 23.5 Å². The van der Waals surface area contributed by atoms with Crippen molar-refractivity contribution in [1.29, 1.82) is 0 Å². The molecule has 3 aromatic carbocycles. The quantitative estimate of drug-likeness (QED) is 0.338. The molecule has 0 aliphatic heterocycles. The van der Waals surface area contributed by atoms with E-state index < -0.39 is 35.1 Å². The summed E-state index contributed by atoms with van der Waals surface area (Å²) in [6.07, 6.45) is 0.452. The number of fused-ring (bicyclic) bond motifs is 1. The predicted molar refractivity (Wildman–Crippen MR) is 143 cm³/mol. The van der Waals surface area contributed by atoms with Gasteiger partial charge in [0.15, 0.2) is 0 Å². The molecule has 4 bridgehead atoms. The minimum atomic E-state index is -4.44. The van der Waals surface area contributed by atoms with Gasteiger partial charge in [0.25, 0.3) is 5.91 Å². The van der Waals surface area contributed by atoms with Gasteiger partial charge in [0.1, 0.15) is 18.4 Å². The van der Waals surface area contributed by atoms with Crippen molar-refractivity contribution in [2.24, 2.45) is 23.0 Å². The molecule has 4 N–H and O–H groups in total. The monoisotopic (exact) mass is 552 g/mol. The van der Waals surface area contributed by atoms with E-state index in [9.17, 15) is 27.9 Å². The van der Waals surface area contributed by atoms with Gasteiger partial charge in [-0.2, -0.15) is 13.2 Å². The maximum Gasteiger partial charge on any atom is 0.416 e. The topological polar surface area (TPSA) is 102 Å². The lowest BCUT2D eigenvalue weighted by Gasteiger charge is -2.62. The number of nitrogens with one attached hydrogen (secondary N) is 1. The molecule has 4 aliphatic rings. The third kappa shape index (κ3) is 4.80. The minimum absolute atomic E-state index is 0.0717. The number of hydrogen-bond donors (Lipinski definition) is 3. The van der Waals surface area contributed by atoms with Crippen molar-refractivity contribution in [3.63, 3.8) is 0 Å². The second kappa shape index (κ2) is 9.51. The lowest BCUT2D eigenvalue weighted by molar-refractivity contribution is -0.152. The Balaban J connectivity index is 1.29. The van der Waals surface area contributed by atoms with Gasteiger partial charge in [0.2, 0.25) is 0 Å². The van der Waals surface area contributed by atoms with Crippen LogP contribution in [0.5, 0.6) is 5.75 Å². The largest absolute Gasteiger partial charge is 0.487 e. The van der Waals surface area contributed by atoms with Crippen molar-refractivity contribution >= 4 is 22.6 Å². The van der Waals surface area contributed by atoms with Crippen LogP contribution in [-0.2, 0) is 17.6 Å². The van der Waals surface area contributed by atoms with Gasteiger partial charge >= 0.3 is 12.1 Å². The van der Waals surface area contributed by atoms with Gasteiger partial charge in [-0.15, -0.1) is 0 Å². The summed E-state index contributed by atoms with van der Waals surface area (Å²) in [5.41, 5.74) is 5.63. The standard InChI is InChI=1S/C31H31F3N2O4/c32-31(33,34)22-8-5-18(6-9-22)16-40-25-23-4-2-1-3-21(23)7-10-24(25)27(37)36-26(28(38)39)29-12-19-11-20(13-29)15-30(35,14-19)17-29/h1-10,19-20,26H,11-17,35H2,(H,36,37)(H,38,39)/t19-,20+,26-,29?,30?/m1/s1. The van der Waals surface area contributed by atoms with Crippen LogP contribution in [0, 0.1) is 17.3 Å². The Hall–Kier alpha value is -3.59. The van der Waals surface area contributed by atoms with Crippen molar-refractivity contribution in [2.45, 2.75) is 62.9 Å². The van der Waals surface area contributed by atoms with Gasteiger partial charge in [-0.1, -0.05) is 42.5 Å². The van der Waals surface area contributed by atoms with Gasteiger partial charge in [-0.05, 0) is 79.5 Å². The number of carboxylic acids is 1. The maximum absolute atomic E-state index is 13.8. The molecule has 1 amide bonds. The highest BCUT2D eigenvalue weighted by Crippen LogP contribution is 2.62. The first-order valence-electron chi connectivity index (χ1n) is 13.6. The van der Waals surface area contributed by atoms with Crippen LogP contribution >= 0.6 is 0 Å². The summed E-state index contributed by atoms with van der Waals surface area (Å²) in [6.45, 7) is -0.0717. The molecular weight excluding hydrogens is 521 g/mol. The van der Waals surface area contributed by atoms with Crippen LogP contribution in [0.15, 0.2) is 60.7 Å². The number of halogens is 3. The normalized spacial score (nSPS) is 27.9. The number of carboxylic acid groups (broad SMARTS) is 1. The van der Waals surface area contributed by atoms with Crippen molar-refractivity contribution in [2.75, 3.05) is 0 Å². The molecule has 0 saturated heterocycles. The molecule has 7 rings (SSSR count). The van der Waals surface area contributed by atoms with Gasteiger partial charge in [0, 0.05) is 16.3 Å². The molecule has 9 heteroatoms. The number of rotatable bonds is 7. The fourth-order valence-electron chi connectivity index (χ4n) is 7.95. The molecule has 2 unspecified atom stereocenters. The third-order valence-electron chi connectivity index (χ3n) is 9.08. The second-order valence-electron chi connectivity index (χ2n) is 12.1. The van der Waals surface area contributed by atoms with Crippen LogP contribution in [0.25, 0.3) is 10.8 Å². The zero-order valence-electron chi connectivity index (χ0n) is 21.8. The molecule has 0 aromatic heterocycles. The summed E-state index contributed by atoms with van der Waals surface area (Å²) in [5.74, 6) is -0.656. The van der Waals surface area contributed by atoms with Gasteiger partial charge in [0.05, 0.1) is 11.1 Å². The summed E-state index contributed by atoms with van der Waals surface area (Å²) in [7, 11) is 0. The Morgan fingerprint density at radius 1 is 1.00 bits per heavy atom. The van der Waals surface area contributed by atoms with E-state index in [1.807, 2.05) is 12.1 Å². The Bertz CT molecular complexity index is 1460. The summed E-state index contributed by atoms with van der Waals surface area (Å²) in [4.78, 5) is 26.4. The number of carbonyl (C=O) groups excluding carboxylic acids is 1. The molecule has 0 radical (unpaired) electrons. The van der Waals surface area contributed by atoms with Crippen molar-refractivity contribution in [1.82, 2.24) is 5.32 Å². The van der Waals surface area contributed by atoms with Crippen molar-refractivity contribution in [3.8, 4) is 5.75 Å². The molecule has 210 valence electrons. The van der Waals surface area contributed by atoms with E-state index in [1.54, 1.807) is 24.3 Å². The minimum Gasteiger partial charge on any atom is -0.487 e. The molecule has 4 saturated carbocycles.